The van der Waals surface area contributed by atoms with Crippen LogP contribution in [0.5, 0.6) is 5.75 Å². The molecule has 29 heavy (non-hydrogen) atoms. The van der Waals surface area contributed by atoms with Gasteiger partial charge >= 0.3 is 0 Å². The van der Waals surface area contributed by atoms with Crippen LogP contribution >= 0.6 is 0 Å². The van der Waals surface area contributed by atoms with E-state index in [0.29, 0.717) is 30.5 Å². The first kappa shape index (κ1) is 18.9. The standard InChI is InChI=1S/C23H24N4O2/c1-3-27(22(28)19-9-10-20-18(15-19)12-14-29-20)21-11-13-24-23(26-21)25-16(2)17-7-5-4-6-8-17/h4-11,13,15-16H,3,12,14H2,1-2H3,(H,24,25,26)/t16-/m0/s1. The molecule has 0 bridgehead atoms. The molecule has 3 aromatic rings. The smallest absolute Gasteiger partial charge is 0.259 e. The van der Waals surface area contributed by atoms with Gasteiger partial charge in [-0.3, -0.25) is 9.69 Å². The van der Waals surface area contributed by atoms with Crippen molar-refractivity contribution in [3.05, 3.63) is 77.5 Å². The lowest BCUT2D eigenvalue weighted by atomic mass is 10.1. The summed E-state index contributed by atoms with van der Waals surface area (Å²) < 4.78 is 5.54. The molecule has 6 heteroatoms. The summed E-state index contributed by atoms with van der Waals surface area (Å²) in [6.07, 6.45) is 2.51. The minimum Gasteiger partial charge on any atom is -0.493 e. The maximum atomic E-state index is 13.1. The van der Waals surface area contributed by atoms with Crippen LogP contribution < -0.4 is 15.0 Å². The zero-order chi connectivity index (χ0) is 20.2. The Labute approximate surface area is 170 Å². The zero-order valence-electron chi connectivity index (χ0n) is 16.6. The molecule has 1 atom stereocenters. The van der Waals surface area contributed by atoms with E-state index < -0.39 is 0 Å². The second-order valence-corrected chi connectivity index (χ2v) is 6.99. The molecule has 6 nitrogen and oxygen atoms in total. The fourth-order valence-electron chi connectivity index (χ4n) is 3.47. The van der Waals surface area contributed by atoms with Gasteiger partial charge in [-0.1, -0.05) is 30.3 Å². The summed E-state index contributed by atoms with van der Waals surface area (Å²) in [6.45, 7) is 5.18. The molecule has 0 spiro atoms. The molecule has 0 saturated carbocycles. The van der Waals surface area contributed by atoms with E-state index in [1.54, 1.807) is 17.2 Å². The molecule has 2 aromatic carbocycles. The Kier molecular flexibility index (Phi) is 5.42. The van der Waals surface area contributed by atoms with E-state index in [1.165, 1.54) is 0 Å². The molecular weight excluding hydrogens is 364 g/mol. The van der Waals surface area contributed by atoms with Gasteiger partial charge in [0.2, 0.25) is 5.95 Å². The van der Waals surface area contributed by atoms with Gasteiger partial charge in [-0.15, -0.1) is 0 Å². The monoisotopic (exact) mass is 388 g/mol. The van der Waals surface area contributed by atoms with Gasteiger partial charge in [-0.2, -0.15) is 4.98 Å². The van der Waals surface area contributed by atoms with E-state index >= 15 is 0 Å². The SMILES string of the molecule is CCN(C(=O)c1ccc2c(c1)CCO2)c1ccnc(N[C@@H](C)c2ccccc2)n1. The topological polar surface area (TPSA) is 67.4 Å². The van der Waals surface area contributed by atoms with Crippen molar-refractivity contribution in [2.24, 2.45) is 0 Å². The molecule has 148 valence electrons. The summed E-state index contributed by atoms with van der Waals surface area (Å²) in [7, 11) is 0. The maximum Gasteiger partial charge on any atom is 0.259 e. The van der Waals surface area contributed by atoms with Crippen molar-refractivity contribution in [3.8, 4) is 5.75 Å². The number of hydrogen-bond acceptors (Lipinski definition) is 5. The third-order valence-corrected chi connectivity index (χ3v) is 5.06. The van der Waals surface area contributed by atoms with Gasteiger partial charge in [0, 0.05) is 24.7 Å². The number of nitrogens with zero attached hydrogens (tertiary/aromatic N) is 3. The van der Waals surface area contributed by atoms with Gasteiger partial charge in [0.05, 0.1) is 12.6 Å². The molecule has 0 radical (unpaired) electrons. The van der Waals surface area contributed by atoms with Crippen molar-refractivity contribution in [2.75, 3.05) is 23.4 Å². The quantitative estimate of drug-likeness (QED) is 0.684. The largest absolute Gasteiger partial charge is 0.493 e. The highest BCUT2D eigenvalue weighted by molar-refractivity contribution is 6.05. The number of carbonyl (C=O) groups is 1. The van der Waals surface area contributed by atoms with Crippen LogP contribution in [0.1, 0.15) is 41.4 Å². The fourth-order valence-corrected chi connectivity index (χ4v) is 3.47. The van der Waals surface area contributed by atoms with Crippen LogP contribution in [0.3, 0.4) is 0 Å². The number of benzene rings is 2. The average Bonchev–Trinajstić information content (AvgIpc) is 3.23. The van der Waals surface area contributed by atoms with E-state index in [9.17, 15) is 4.79 Å². The third kappa shape index (κ3) is 4.06. The Hall–Kier alpha value is -3.41. The summed E-state index contributed by atoms with van der Waals surface area (Å²) in [5.41, 5.74) is 2.86. The van der Waals surface area contributed by atoms with Crippen molar-refractivity contribution in [3.63, 3.8) is 0 Å². The highest BCUT2D eigenvalue weighted by Crippen LogP contribution is 2.27. The third-order valence-electron chi connectivity index (χ3n) is 5.06. The van der Waals surface area contributed by atoms with Crippen molar-refractivity contribution in [1.82, 2.24) is 9.97 Å². The Morgan fingerprint density at radius 1 is 1.21 bits per heavy atom. The molecule has 0 saturated heterocycles. The van der Waals surface area contributed by atoms with Crippen LogP contribution in [-0.2, 0) is 6.42 Å². The molecule has 4 rings (SSSR count). The molecule has 1 aliphatic rings. The fraction of sp³-hybridized carbons (Fsp3) is 0.261. The molecule has 1 amide bonds. The summed E-state index contributed by atoms with van der Waals surface area (Å²) in [5.74, 6) is 1.86. The number of ether oxygens (including phenoxy) is 1. The van der Waals surface area contributed by atoms with E-state index in [4.69, 9.17) is 4.74 Å². The Morgan fingerprint density at radius 2 is 2.03 bits per heavy atom. The lowest BCUT2D eigenvalue weighted by Crippen LogP contribution is -2.31. The molecule has 0 unspecified atom stereocenters. The Bertz CT molecular complexity index is 1010. The van der Waals surface area contributed by atoms with Crippen LogP contribution in [-0.4, -0.2) is 29.0 Å². The summed E-state index contributed by atoms with van der Waals surface area (Å²) in [6, 6.07) is 17.5. The first-order chi connectivity index (χ1) is 14.2. The van der Waals surface area contributed by atoms with Crippen LogP contribution in [0.2, 0.25) is 0 Å². The predicted octanol–water partition coefficient (Wildman–Crippen LogP) is 4.25. The van der Waals surface area contributed by atoms with Crippen molar-refractivity contribution < 1.29 is 9.53 Å². The summed E-state index contributed by atoms with van der Waals surface area (Å²) in [4.78, 5) is 23.7. The van der Waals surface area contributed by atoms with Crippen LogP contribution in [0, 0.1) is 0 Å². The normalized spacial score (nSPS) is 13.3. The Morgan fingerprint density at radius 3 is 2.83 bits per heavy atom. The number of amides is 1. The highest BCUT2D eigenvalue weighted by atomic mass is 16.5. The number of nitrogens with one attached hydrogen (secondary N) is 1. The second kappa shape index (κ2) is 8.31. The molecular formula is C23H24N4O2. The number of rotatable bonds is 6. The molecule has 0 aliphatic carbocycles. The molecule has 2 heterocycles. The zero-order valence-corrected chi connectivity index (χ0v) is 16.6. The molecule has 1 aromatic heterocycles. The molecule has 1 N–H and O–H groups in total. The number of fused-ring (bicyclic) bond motifs is 1. The van der Waals surface area contributed by atoms with E-state index in [0.717, 1.165) is 23.3 Å². The average molecular weight is 388 g/mol. The van der Waals surface area contributed by atoms with Crippen molar-refractivity contribution in [2.45, 2.75) is 26.3 Å². The van der Waals surface area contributed by atoms with Gasteiger partial charge in [0.15, 0.2) is 0 Å². The predicted molar refractivity (Wildman–Crippen MR) is 114 cm³/mol. The maximum absolute atomic E-state index is 13.1. The molecule has 1 aliphatic heterocycles. The molecule has 0 fully saturated rings. The summed E-state index contributed by atoms with van der Waals surface area (Å²) in [5, 5.41) is 3.31. The number of hydrogen-bond donors (Lipinski definition) is 1. The second-order valence-electron chi connectivity index (χ2n) is 6.99. The van der Waals surface area contributed by atoms with Gasteiger partial charge in [-0.25, -0.2) is 4.98 Å². The van der Waals surface area contributed by atoms with Gasteiger partial charge in [0.25, 0.3) is 5.91 Å². The van der Waals surface area contributed by atoms with Crippen molar-refractivity contribution >= 4 is 17.7 Å². The lowest BCUT2D eigenvalue weighted by Gasteiger charge is -2.21. The Balaban J connectivity index is 1.54. The number of aromatic nitrogens is 2. The van der Waals surface area contributed by atoms with Crippen LogP contribution in [0.4, 0.5) is 11.8 Å². The van der Waals surface area contributed by atoms with E-state index in [1.807, 2.05) is 43.3 Å². The van der Waals surface area contributed by atoms with Gasteiger partial charge in [0.1, 0.15) is 11.6 Å². The summed E-state index contributed by atoms with van der Waals surface area (Å²) >= 11 is 0. The highest BCUT2D eigenvalue weighted by Gasteiger charge is 2.21. The van der Waals surface area contributed by atoms with Crippen LogP contribution in [0.25, 0.3) is 0 Å². The van der Waals surface area contributed by atoms with Gasteiger partial charge < -0.3 is 10.1 Å². The number of anilines is 2. The van der Waals surface area contributed by atoms with Gasteiger partial charge in [-0.05, 0) is 49.2 Å². The number of carbonyl (C=O) groups excluding carboxylic acids is 1. The first-order valence-corrected chi connectivity index (χ1v) is 9.88. The minimum absolute atomic E-state index is 0.0499. The lowest BCUT2D eigenvalue weighted by molar-refractivity contribution is 0.0987. The minimum atomic E-state index is -0.0806. The van der Waals surface area contributed by atoms with E-state index in [-0.39, 0.29) is 11.9 Å². The van der Waals surface area contributed by atoms with Crippen molar-refractivity contribution in [1.29, 1.82) is 0 Å². The first-order valence-electron chi connectivity index (χ1n) is 9.88. The van der Waals surface area contributed by atoms with Crippen LogP contribution in [0.15, 0.2) is 60.8 Å². The van der Waals surface area contributed by atoms with E-state index in [2.05, 4.69) is 34.3 Å².